The molecule has 4 heteroatoms. The van der Waals surface area contributed by atoms with Crippen LogP contribution in [0.1, 0.15) is 20.8 Å². The average molecular weight is 202 g/mol. The lowest BCUT2D eigenvalue weighted by Gasteiger charge is -2.30. The fourth-order valence-corrected chi connectivity index (χ4v) is 1.11. The Morgan fingerprint density at radius 1 is 1.50 bits per heavy atom. The molecule has 4 nitrogen and oxygen atoms in total. The van der Waals surface area contributed by atoms with E-state index in [-0.39, 0.29) is 5.91 Å². The summed E-state index contributed by atoms with van der Waals surface area (Å²) in [5, 5.41) is 3.00. The van der Waals surface area contributed by atoms with Crippen molar-refractivity contribution in [3.63, 3.8) is 0 Å². The molecule has 0 rings (SSSR count). The van der Waals surface area contributed by atoms with Gasteiger partial charge >= 0.3 is 0 Å². The molecular formula is C10H22N2O2. The maximum absolute atomic E-state index is 11.9. The first-order valence-corrected chi connectivity index (χ1v) is 4.96. The quantitative estimate of drug-likeness (QED) is 0.681. The molecule has 0 aromatic rings. The molecule has 1 N–H and O–H groups in total. The molecule has 0 aliphatic heterocycles. The van der Waals surface area contributed by atoms with Crippen LogP contribution < -0.4 is 5.32 Å². The van der Waals surface area contributed by atoms with Gasteiger partial charge in [-0.1, -0.05) is 0 Å². The zero-order chi connectivity index (χ0) is 11.2. The lowest BCUT2D eigenvalue weighted by Crippen LogP contribution is -2.53. The van der Waals surface area contributed by atoms with Crippen LogP contribution in [0.15, 0.2) is 0 Å². The number of hydrogen-bond acceptors (Lipinski definition) is 3. The van der Waals surface area contributed by atoms with Gasteiger partial charge in [-0.05, 0) is 27.8 Å². The number of methoxy groups -OCH3 is 1. The summed E-state index contributed by atoms with van der Waals surface area (Å²) in [5.41, 5.74) is -0.496. The van der Waals surface area contributed by atoms with Crippen molar-refractivity contribution >= 4 is 5.91 Å². The second kappa shape index (κ2) is 5.98. The summed E-state index contributed by atoms with van der Waals surface area (Å²) in [6.07, 6.45) is 0. The lowest BCUT2D eigenvalue weighted by molar-refractivity contribution is -0.137. The number of ether oxygens (including phenoxy) is 1. The molecule has 0 heterocycles. The first-order chi connectivity index (χ1) is 6.49. The number of likely N-dealkylation sites (N-methyl/N-ethyl adjacent to an activating group) is 2. The van der Waals surface area contributed by atoms with Crippen molar-refractivity contribution in [1.29, 1.82) is 0 Å². The number of amides is 1. The molecule has 0 aromatic carbocycles. The fraction of sp³-hybridized carbons (Fsp3) is 0.900. The molecule has 0 spiro atoms. The molecule has 1 amide bonds. The summed E-state index contributed by atoms with van der Waals surface area (Å²) in [5.74, 6) is 0.111. The molecule has 0 aliphatic carbocycles. The van der Waals surface area contributed by atoms with Crippen molar-refractivity contribution in [2.75, 3.05) is 33.9 Å². The van der Waals surface area contributed by atoms with E-state index in [1.807, 2.05) is 20.8 Å². The third-order valence-corrected chi connectivity index (χ3v) is 2.39. The average Bonchev–Trinajstić information content (AvgIpc) is 2.18. The van der Waals surface area contributed by atoms with Gasteiger partial charge in [-0.25, -0.2) is 0 Å². The Bertz CT molecular complexity index is 181. The normalized spacial score (nSPS) is 11.5. The van der Waals surface area contributed by atoms with Crippen LogP contribution in [0.5, 0.6) is 0 Å². The van der Waals surface area contributed by atoms with Crippen LogP contribution in [0.25, 0.3) is 0 Å². The van der Waals surface area contributed by atoms with Gasteiger partial charge in [0.1, 0.15) is 0 Å². The molecule has 0 saturated heterocycles. The molecule has 84 valence electrons. The number of carbonyl (C=O) groups is 1. The largest absolute Gasteiger partial charge is 0.383 e. The van der Waals surface area contributed by atoms with Gasteiger partial charge in [-0.3, -0.25) is 4.79 Å². The van der Waals surface area contributed by atoms with E-state index in [4.69, 9.17) is 4.74 Å². The number of carbonyl (C=O) groups excluding carboxylic acids is 1. The van der Waals surface area contributed by atoms with Crippen molar-refractivity contribution in [1.82, 2.24) is 10.2 Å². The summed E-state index contributed by atoms with van der Waals surface area (Å²) in [6, 6.07) is 0. The van der Waals surface area contributed by atoms with E-state index in [1.165, 1.54) is 0 Å². The molecule has 0 unspecified atom stereocenters. The second-order valence-corrected chi connectivity index (χ2v) is 3.75. The van der Waals surface area contributed by atoms with Crippen LogP contribution >= 0.6 is 0 Å². The Balaban J connectivity index is 4.30. The molecule has 0 radical (unpaired) electrons. The molecule has 14 heavy (non-hydrogen) atoms. The first kappa shape index (κ1) is 13.4. The van der Waals surface area contributed by atoms with Gasteiger partial charge in [-0.15, -0.1) is 0 Å². The van der Waals surface area contributed by atoms with E-state index in [2.05, 4.69) is 5.32 Å². The van der Waals surface area contributed by atoms with Gasteiger partial charge in [-0.2, -0.15) is 0 Å². The van der Waals surface area contributed by atoms with E-state index in [1.54, 1.807) is 19.1 Å². The number of rotatable bonds is 6. The maximum atomic E-state index is 11.9. The molecule has 0 aromatic heterocycles. The molecule has 0 fully saturated rings. The van der Waals surface area contributed by atoms with Crippen molar-refractivity contribution in [2.24, 2.45) is 0 Å². The van der Waals surface area contributed by atoms with Crippen LogP contribution in [0.4, 0.5) is 0 Å². The van der Waals surface area contributed by atoms with E-state index in [9.17, 15) is 4.79 Å². The summed E-state index contributed by atoms with van der Waals surface area (Å²) >= 11 is 0. The highest BCUT2D eigenvalue weighted by atomic mass is 16.5. The predicted molar refractivity (Wildman–Crippen MR) is 57.3 cm³/mol. The minimum absolute atomic E-state index is 0.111. The molecule has 0 atom stereocenters. The van der Waals surface area contributed by atoms with Crippen molar-refractivity contribution in [3.8, 4) is 0 Å². The van der Waals surface area contributed by atoms with E-state index >= 15 is 0 Å². The SMILES string of the molecule is CCN(CCOC)C(=O)C(C)(C)NC. The van der Waals surface area contributed by atoms with Crippen molar-refractivity contribution < 1.29 is 9.53 Å². The maximum Gasteiger partial charge on any atom is 0.242 e. The van der Waals surface area contributed by atoms with Crippen LogP contribution in [0, 0.1) is 0 Å². The van der Waals surface area contributed by atoms with Crippen molar-refractivity contribution in [3.05, 3.63) is 0 Å². The van der Waals surface area contributed by atoms with Gasteiger partial charge in [0.15, 0.2) is 0 Å². The van der Waals surface area contributed by atoms with Gasteiger partial charge in [0.2, 0.25) is 5.91 Å². The van der Waals surface area contributed by atoms with Gasteiger partial charge in [0.05, 0.1) is 12.1 Å². The molecule has 0 bridgehead atoms. The monoisotopic (exact) mass is 202 g/mol. The molecule has 0 aliphatic rings. The summed E-state index contributed by atoms with van der Waals surface area (Å²) in [6.45, 7) is 7.68. The zero-order valence-electron chi connectivity index (χ0n) is 9.89. The standard InChI is InChI=1S/C10H22N2O2/c1-6-12(7-8-14-5)9(13)10(2,3)11-4/h11H,6-8H2,1-5H3. The highest BCUT2D eigenvalue weighted by Gasteiger charge is 2.29. The Kier molecular flexibility index (Phi) is 5.72. The highest BCUT2D eigenvalue weighted by Crippen LogP contribution is 2.06. The fourth-order valence-electron chi connectivity index (χ4n) is 1.11. The topological polar surface area (TPSA) is 41.6 Å². The summed E-state index contributed by atoms with van der Waals surface area (Å²) in [4.78, 5) is 13.7. The van der Waals surface area contributed by atoms with Gasteiger partial charge in [0, 0.05) is 20.2 Å². The highest BCUT2D eigenvalue weighted by molar-refractivity contribution is 5.85. The second-order valence-electron chi connectivity index (χ2n) is 3.75. The first-order valence-electron chi connectivity index (χ1n) is 4.96. The van der Waals surface area contributed by atoms with Crippen LogP contribution in [0.3, 0.4) is 0 Å². The molecular weight excluding hydrogens is 180 g/mol. The predicted octanol–water partition coefficient (Wildman–Crippen LogP) is 0.479. The van der Waals surface area contributed by atoms with E-state index < -0.39 is 5.54 Å². The van der Waals surface area contributed by atoms with Crippen LogP contribution in [0.2, 0.25) is 0 Å². The number of nitrogens with zero attached hydrogens (tertiary/aromatic N) is 1. The van der Waals surface area contributed by atoms with Crippen LogP contribution in [-0.4, -0.2) is 50.2 Å². The van der Waals surface area contributed by atoms with Crippen LogP contribution in [-0.2, 0) is 9.53 Å². The summed E-state index contributed by atoms with van der Waals surface area (Å²) < 4.78 is 4.96. The smallest absolute Gasteiger partial charge is 0.242 e. The van der Waals surface area contributed by atoms with Gasteiger partial charge < -0.3 is 15.0 Å². The Morgan fingerprint density at radius 2 is 2.07 bits per heavy atom. The Morgan fingerprint density at radius 3 is 2.43 bits per heavy atom. The lowest BCUT2D eigenvalue weighted by atomic mass is 10.0. The number of nitrogens with one attached hydrogen (secondary N) is 1. The minimum atomic E-state index is -0.496. The summed E-state index contributed by atoms with van der Waals surface area (Å²) in [7, 11) is 3.43. The zero-order valence-corrected chi connectivity index (χ0v) is 9.89. The van der Waals surface area contributed by atoms with E-state index in [0.29, 0.717) is 19.7 Å². The van der Waals surface area contributed by atoms with Gasteiger partial charge in [0.25, 0.3) is 0 Å². The minimum Gasteiger partial charge on any atom is -0.383 e. The third kappa shape index (κ3) is 3.64. The Hall–Kier alpha value is -0.610. The van der Waals surface area contributed by atoms with E-state index in [0.717, 1.165) is 0 Å². The number of hydrogen-bond donors (Lipinski definition) is 1. The Labute approximate surface area is 86.6 Å². The van der Waals surface area contributed by atoms with Crippen molar-refractivity contribution in [2.45, 2.75) is 26.3 Å². The molecule has 0 saturated carbocycles. The third-order valence-electron chi connectivity index (χ3n) is 2.39.